The van der Waals surface area contributed by atoms with E-state index in [2.05, 4.69) is 28.5 Å². The fourth-order valence-corrected chi connectivity index (χ4v) is 3.38. The Morgan fingerprint density at radius 3 is 2.80 bits per heavy atom. The topological polar surface area (TPSA) is 84.4 Å². The highest BCUT2D eigenvalue weighted by atomic mass is 16.5. The van der Waals surface area contributed by atoms with E-state index < -0.39 is 0 Å². The number of ether oxygens (including phenoxy) is 2. The van der Waals surface area contributed by atoms with Crippen molar-refractivity contribution in [3.8, 4) is 0 Å². The summed E-state index contributed by atoms with van der Waals surface area (Å²) >= 11 is 0. The van der Waals surface area contributed by atoms with Gasteiger partial charge in [0.05, 0.1) is 32.1 Å². The average Bonchev–Trinajstić information content (AvgIpc) is 3.43. The highest BCUT2D eigenvalue weighted by Gasteiger charge is 2.25. The molecule has 3 rings (SSSR count). The Bertz CT molecular complexity index is 738. The molecule has 166 valence electrons. The zero-order chi connectivity index (χ0) is 21.0. The Labute approximate surface area is 178 Å². The maximum atomic E-state index is 5.93. The molecule has 0 aliphatic carbocycles. The van der Waals surface area contributed by atoms with Crippen LogP contribution in [0, 0.1) is 6.92 Å². The molecule has 30 heavy (non-hydrogen) atoms. The van der Waals surface area contributed by atoms with Crippen LogP contribution in [-0.4, -0.2) is 63.4 Å². The summed E-state index contributed by atoms with van der Waals surface area (Å²) in [5.41, 5.74) is 0. The van der Waals surface area contributed by atoms with Gasteiger partial charge in [-0.2, -0.15) is 0 Å². The molecule has 0 radical (unpaired) electrons. The molecule has 1 saturated heterocycles. The lowest BCUT2D eigenvalue weighted by Crippen LogP contribution is -2.42. The van der Waals surface area contributed by atoms with Crippen molar-refractivity contribution in [3.63, 3.8) is 0 Å². The van der Waals surface area contributed by atoms with Crippen LogP contribution in [0.2, 0.25) is 0 Å². The van der Waals surface area contributed by atoms with Gasteiger partial charge in [0.1, 0.15) is 23.9 Å². The van der Waals surface area contributed by atoms with Crippen LogP contribution in [0.4, 0.5) is 0 Å². The minimum Gasteiger partial charge on any atom is -0.467 e. The van der Waals surface area contributed by atoms with Gasteiger partial charge in [-0.25, -0.2) is 0 Å². The molecular weight excluding hydrogens is 384 g/mol. The van der Waals surface area contributed by atoms with Gasteiger partial charge in [0, 0.05) is 32.8 Å². The Hall–Kier alpha value is -2.29. The van der Waals surface area contributed by atoms with E-state index >= 15 is 0 Å². The van der Waals surface area contributed by atoms with Crippen molar-refractivity contribution in [2.45, 2.75) is 32.9 Å². The second-order valence-electron chi connectivity index (χ2n) is 7.24. The molecule has 0 bridgehead atoms. The van der Waals surface area contributed by atoms with E-state index in [9.17, 15) is 0 Å². The summed E-state index contributed by atoms with van der Waals surface area (Å²) in [5.74, 6) is 3.54. The van der Waals surface area contributed by atoms with Gasteiger partial charge in [-0.3, -0.25) is 9.89 Å². The van der Waals surface area contributed by atoms with Crippen LogP contribution in [0.5, 0.6) is 0 Å². The van der Waals surface area contributed by atoms with E-state index in [1.54, 1.807) is 6.26 Å². The summed E-state index contributed by atoms with van der Waals surface area (Å²) in [6.07, 6.45) is 2.54. The van der Waals surface area contributed by atoms with Crippen LogP contribution in [0.1, 0.15) is 36.7 Å². The second-order valence-corrected chi connectivity index (χ2v) is 7.24. The third kappa shape index (κ3) is 7.19. The van der Waals surface area contributed by atoms with Crippen molar-refractivity contribution >= 4 is 5.96 Å². The molecule has 0 saturated carbocycles. The second kappa shape index (κ2) is 12.4. The van der Waals surface area contributed by atoms with Crippen molar-refractivity contribution in [3.05, 3.63) is 47.8 Å². The molecule has 8 nitrogen and oxygen atoms in total. The molecule has 0 spiro atoms. The maximum Gasteiger partial charge on any atom is 0.191 e. The third-order valence-corrected chi connectivity index (χ3v) is 4.92. The van der Waals surface area contributed by atoms with E-state index in [1.807, 2.05) is 25.1 Å². The van der Waals surface area contributed by atoms with Crippen molar-refractivity contribution < 1.29 is 18.3 Å². The quantitative estimate of drug-likeness (QED) is 0.330. The summed E-state index contributed by atoms with van der Waals surface area (Å²) in [5, 5.41) is 6.71. The van der Waals surface area contributed by atoms with E-state index in [1.165, 1.54) is 0 Å². The van der Waals surface area contributed by atoms with Gasteiger partial charge in [-0.1, -0.05) is 0 Å². The average molecular weight is 419 g/mol. The standard InChI is InChI=1S/C22H34N4O4/c1-3-23-22(24-9-5-12-28-17-19-6-4-13-29-19)25-16-20(21-8-7-18(2)30-21)26-10-14-27-15-11-26/h4,6-8,13,20H,3,5,9-12,14-17H2,1-2H3,(H2,23,24,25). The van der Waals surface area contributed by atoms with Crippen molar-refractivity contribution in [2.24, 2.45) is 4.99 Å². The molecule has 1 aliphatic rings. The largest absolute Gasteiger partial charge is 0.467 e. The molecule has 1 atom stereocenters. The van der Waals surface area contributed by atoms with Crippen molar-refractivity contribution in [1.29, 1.82) is 0 Å². The molecular formula is C22H34N4O4. The van der Waals surface area contributed by atoms with Crippen molar-refractivity contribution in [2.75, 3.05) is 52.5 Å². The van der Waals surface area contributed by atoms with Gasteiger partial charge >= 0.3 is 0 Å². The van der Waals surface area contributed by atoms with Crippen LogP contribution in [0.15, 0.2) is 44.4 Å². The number of furan rings is 2. The number of hydrogen-bond donors (Lipinski definition) is 2. The first-order valence-corrected chi connectivity index (χ1v) is 10.8. The summed E-state index contributed by atoms with van der Waals surface area (Å²) in [6, 6.07) is 7.96. The molecule has 8 heteroatoms. The van der Waals surface area contributed by atoms with Crippen LogP contribution in [-0.2, 0) is 16.1 Å². The first kappa shape index (κ1) is 22.4. The first-order valence-electron chi connectivity index (χ1n) is 10.8. The molecule has 0 aromatic carbocycles. The summed E-state index contributed by atoms with van der Waals surface area (Å²) < 4.78 is 22.3. The van der Waals surface area contributed by atoms with E-state index in [4.69, 9.17) is 23.3 Å². The number of morpholine rings is 1. The molecule has 1 fully saturated rings. The monoisotopic (exact) mass is 418 g/mol. The van der Waals surface area contributed by atoms with E-state index in [-0.39, 0.29) is 6.04 Å². The number of rotatable bonds is 11. The smallest absolute Gasteiger partial charge is 0.191 e. The van der Waals surface area contributed by atoms with Crippen LogP contribution >= 0.6 is 0 Å². The lowest BCUT2D eigenvalue weighted by atomic mass is 10.1. The minimum absolute atomic E-state index is 0.106. The lowest BCUT2D eigenvalue weighted by Gasteiger charge is -2.32. The summed E-state index contributed by atoms with van der Waals surface area (Å²) in [7, 11) is 0. The van der Waals surface area contributed by atoms with Crippen LogP contribution in [0.25, 0.3) is 0 Å². The lowest BCUT2D eigenvalue weighted by molar-refractivity contribution is 0.0135. The van der Waals surface area contributed by atoms with E-state index in [0.29, 0.717) is 19.8 Å². The Morgan fingerprint density at radius 1 is 1.23 bits per heavy atom. The van der Waals surface area contributed by atoms with Gasteiger partial charge < -0.3 is 28.9 Å². The van der Waals surface area contributed by atoms with Crippen LogP contribution < -0.4 is 10.6 Å². The summed E-state index contributed by atoms with van der Waals surface area (Å²) in [6.45, 7) is 10.7. The Kier molecular flexibility index (Phi) is 9.27. The minimum atomic E-state index is 0.106. The number of aryl methyl sites for hydroxylation is 1. The van der Waals surface area contributed by atoms with Gasteiger partial charge in [0.2, 0.25) is 0 Å². The number of aliphatic imine (C=N–C) groups is 1. The summed E-state index contributed by atoms with van der Waals surface area (Å²) in [4.78, 5) is 7.22. The van der Waals surface area contributed by atoms with E-state index in [0.717, 1.165) is 69.1 Å². The normalized spacial score (nSPS) is 16.5. The molecule has 1 unspecified atom stereocenters. The zero-order valence-electron chi connectivity index (χ0n) is 18.1. The molecule has 2 N–H and O–H groups in total. The fraction of sp³-hybridized carbons (Fsp3) is 0.591. The zero-order valence-corrected chi connectivity index (χ0v) is 18.1. The highest BCUT2D eigenvalue weighted by molar-refractivity contribution is 5.79. The number of hydrogen-bond acceptors (Lipinski definition) is 6. The molecule has 3 heterocycles. The van der Waals surface area contributed by atoms with Gasteiger partial charge in [-0.05, 0) is 44.5 Å². The molecule has 0 amide bonds. The number of guanidine groups is 1. The Morgan fingerprint density at radius 2 is 2.10 bits per heavy atom. The third-order valence-electron chi connectivity index (χ3n) is 4.92. The highest BCUT2D eigenvalue weighted by Crippen LogP contribution is 2.24. The number of nitrogens with one attached hydrogen (secondary N) is 2. The van der Waals surface area contributed by atoms with Crippen molar-refractivity contribution in [1.82, 2.24) is 15.5 Å². The SMILES string of the molecule is CCNC(=NCC(c1ccc(C)o1)N1CCOCC1)NCCCOCc1ccco1. The molecule has 1 aliphatic heterocycles. The fourth-order valence-electron chi connectivity index (χ4n) is 3.38. The van der Waals surface area contributed by atoms with Gasteiger partial charge in [-0.15, -0.1) is 0 Å². The predicted molar refractivity (Wildman–Crippen MR) is 116 cm³/mol. The predicted octanol–water partition coefficient (Wildman–Crippen LogP) is 2.72. The maximum absolute atomic E-state index is 5.93. The first-order chi connectivity index (χ1) is 14.8. The Balaban J connectivity index is 1.49. The number of nitrogens with zero attached hydrogens (tertiary/aromatic N) is 2. The van der Waals surface area contributed by atoms with Crippen LogP contribution in [0.3, 0.4) is 0 Å². The van der Waals surface area contributed by atoms with Gasteiger partial charge in [0.25, 0.3) is 0 Å². The van der Waals surface area contributed by atoms with Gasteiger partial charge in [0.15, 0.2) is 5.96 Å². The molecule has 2 aromatic rings. The molecule has 2 aromatic heterocycles.